The van der Waals surface area contributed by atoms with E-state index in [0.29, 0.717) is 19.3 Å². The van der Waals surface area contributed by atoms with Crippen molar-refractivity contribution in [3.63, 3.8) is 0 Å². The van der Waals surface area contributed by atoms with Crippen LogP contribution < -0.4 is 0 Å². The van der Waals surface area contributed by atoms with Crippen molar-refractivity contribution in [1.82, 2.24) is 0 Å². The number of hydrogen-bond acceptors (Lipinski definition) is 3. The third-order valence-corrected chi connectivity index (χ3v) is 10.8. The van der Waals surface area contributed by atoms with Crippen LogP contribution in [0, 0.1) is 22.7 Å². The Kier molecular flexibility index (Phi) is 4.55. The van der Waals surface area contributed by atoms with Crippen molar-refractivity contribution in [2.75, 3.05) is 0 Å². The van der Waals surface area contributed by atoms with Crippen molar-refractivity contribution in [3.8, 4) is 0 Å². The molecule has 0 aromatic rings. The molecule has 0 aromatic heterocycles. The summed E-state index contributed by atoms with van der Waals surface area (Å²) in [7, 11) is 0. The lowest BCUT2D eigenvalue weighted by atomic mass is 9.45. The Morgan fingerprint density at radius 1 is 1.21 bits per heavy atom. The minimum atomic E-state index is -1.38. The molecule has 0 amide bonds. The third kappa shape index (κ3) is 2.18. The molecule has 2 unspecified atom stereocenters. The van der Waals surface area contributed by atoms with Crippen LogP contribution in [0.2, 0.25) is 0 Å². The van der Waals surface area contributed by atoms with Crippen molar-refractivity contribution in [3.05, 3.63) is 23.3 Å². The molecule has 4 rings (SSSR count). The largest absolute Gasteiger partial charge is 0.382 e. The zero-order chi connectivity index (χ0) is 20.9. The number of halogens is 3. The van der Waals surface area contributed by atoms with Crippen molar-refractivity contribution in [1.29, 1.82) is 0 Å². The first-order chi connectivity index (χ1) is 12.8. The second-order valence-electron chi connectivity index (χ2n) is 9.68. The first-order valence-corrected chi connectivity index (χ1v) is 11.2. The molecule has 4 aliphatic rings. The van der Waals surface area contributed by atoms with E-state index >= 15 is 0 Å². The fourth-order valence-electron chi connectivity index (χ4n) is 7.09. The number of hydrogen-bond donors (Lipinski definition) is 1. The molecule has 0 saturated heterocycles. The lowest BCUT2D eigenvalue weighted by molar-refractivity contribution is -0.156. The Labute approximate surface area is 181 Å². The van der Waals surface area contributed by atoms with Gasteiger partial charge in [-0.3, -0.25) is 9.59 Å². The van der Waals surface area contributed by atoms with Gasteiger partial charge < -0.3 is 5.11 Å². The maximum atomic E-state index is 12.4. The summed E-state index contributed by atoms with van der Waals surface area (Å²) in [5.74, 6) is -0.287. The molecule has 8 atom stereocenters. The summed E-state index contributed by atoms with van der Waals surface area (Å²) in [6.07, 6.45) is 5.45. The number of carbonyl (C=O) groups excluding carboxylic acids is 2. The number of ketones is 2. The summed E-state index contributed by atoms with van der Waals surface area (Å²) in [5, 5.41) is 10.5. The number of allylic oxidation sites excluding steroid dienone is 4. The van der Waals surface area contributed by atoms with E-state index < -0.39 is 26.7 Å². The van der Waals surface area contributed by atoms with Crippen molar-refractivity contribution in [2.45, 2.75) is 74.6 Å². The lowest BCUT2D eigenvalue weighted by Crippen LogP contribution is -2.69. The van der Waals surface area contributed by atoms with E-state index in [9.17, 15) is 14.7 Å². The average molecular weight is 446 g/mol. The van der Waals surface area contributed by atoms with Crippen LogP contribution in [0.25, 0.3) is 0 Å². The van der Waals surface area contributed by atoms with E-state index in [2.05, 4.69) is 6.92 Å². The van der Waals surface area contributed by atoms with Gasteiger partial charge in [0.15, 0.2) is 11.6 Å². The number of rotatable bonds is 1. The molecule has 3 nitrogen and oxygen atoms in total. The highest BCUT2D eigenvalue weighted by atomic mass is 35.5. The molecule has 0 aromatic carbocycles. The standard InChI is InChI=1S/C22H27Cl3O3/c1-11-7-13(27)8-16-17(23)9-15-14-5-6-21(28,12(2)26)19(14,3)10-18(24)22(15,25)20(11,16)4/h7-8,14-15,17-18,28H,5-6,9-10H2,1-4H3/t14-,15-,17?,18?,19-,20-,21-,22-/m0/s1. The monoisotopic (exact) mass is 444 g/mol. The SMILES string of the molecule is CC(=O)[C@@]1(O)CC[C@H]2[C@@H]3CC(Cl)C4=CC(=O)C=C(C)[C@]4(C)[C@@]3(Cl)C(Cl)C[C@@]21C. The van der Waals surface area contributed by atoms with Crippen molar-refractivity contribution in [2.24, 2.45) is 22.7 Å². The third-order valence-electron chi connectivity index (χ3n) is 8.83. The van der Waals surface area contributed by atoms with E-state index in [1.54, 1.807) is 12.2 Å². The van der Waals surface area contributed by atoms with Crippen LogP contribution in [0.1, 0.15) is 53.4 Å². The molecule has 0 spiro atoms. The zero-order valence-electron chi connectivity index (χ0n) is 16.7. The highest BCUT2D eigenvalue weighted by molar-refractivity contribution is 6.34. The predicted octanol–water partition coefficient (Wildman–Crippen LogP) is 4.80. The maximum absolute atomic E-state index is 12.4. The average Bonchev–Trinajstić information content (AvgIpc) is 2.86. The minimum Gasteiger partial charge on any atom is -0.382 e. The molecule has 28 heavy (non-hydrogen) atoms. The maximum Gasteiger partial charge on any atom is 0.178 e. The fraction of sp³-hybridized carbons (Fsp3) is 0.727. The minimum absolute atomic E-state index is 0.0407. The van der Waals surface area contributed by atoms with Gasteiger partial charge in [-0.15, -0.1) is 34.8 Å². The Balaban J connectivity index is 1.89. The van der Waals surface area contributed by atoms with Crippen LogP contribution in [0.15, 0.2) is 23.3 Å². The first kappa shape index (κ1) is 20.9. The zero-order valence-corrected chi connectivity index (χ0v) is 19.0. The fourth-order valence-corrected chi connectivity index (χ4v) is 8.84. The van der Waals surface area contributed by atoms with Gasteiger partial charge in [0.05, 0.1) is 15.6 Å². The number of aliphatic hydroxyl groups is 1. The van der Waals surface area contributed by atoms with Crippen LogP contribution in [-0.4, -0.2) is 37.9 Å². The summed E-state index contributed by atoms with van der Waals surface area (Å²) >= 11 is 21.4. The molecule has 6 heteroatoms. The van der Waals surface area contributed by atoms with Gasteiger partial charge in [-0.1, -0.05) is 19.4 Å². The van der Waals surface area contributed by atoms with Gasteiger partial charge in [0.2, 0.25) is 0 Å². The van der Waals surface area contributed by atoms with Gasteiger partial charge >= 0.3 is 0 Å². The number of fused-ring (bicyclic) bond motifs is 5. The van der Waals surface area contributed by atoms with Crippen LogP contribution in [0.5, 0.6) is 0 Å². The van der Waals surface area contributed by atoms with E-state index in [1.807, 2.05) is 13.8 Å². The summed E-state index contributed by atoms with van der Waals surface area (Å²) in [4.78, 5) is 23.8. The second-order valence-corrected chi connectivity index (χ2v) is 11.4. The smallest absolute Gasteiger partial charge is 0.178 e. The van der Waals surface area contributed by atoms with Crippen LogP contribution >= 0.6 is 34.8 Å². The summed E-state index contributed by atoms with van der Waals surface area (Å²) in [6.45, 7) is 7.43. The molecular weight excluding hydrogens is 419 g/mol. The number of Topliss-reactive ketones (excluding diaryl/α,β-unsaturated/α-hetero) is 1. The Hall–Kier alpha value is -0.350. The normalized spacial score (nSPS) is 52.9. The predicted molar refractivity (Wildman–Crippen MR) is 112 cm³/mol. The van der Waals surface area contributed by atoms with Crippen molar-refractivity contribution < 1.29 is 14.7 Å². The highest BCUT2D eigenvalue weighted by Gasteiger charge is 2.74. The second kappa shape index (κ2) is 6.09. The van der Waals surface area contributed by atoms with E-state index in [0.717, 1.165) is 17.6 Å². The molecule has 0 heterocycles. The van der Waals surface area contributed by atoms with Gasteiger partial charge in [-0.25, -0.2) is 0 Å². The number of alkyl halides is 3. The summed E-state index contributed by atoms with van der Waals surface area (Å²) in [5.41, 5.74) is -0.920. The van der Waals surface area contributed by atoms with E-state index in [-0.39, 0.29) is 28.8 Å². The Morgan fingerprint density at radius 3 is 2.46 bits per heavy atom. The van der Waals surface area contributed by atoms with E-state index in [1.165, 1.54) is 6.92 Å². The van der Waals surface area contributed by atoms with Crippen LogP contribution in [-0.2, 0) is 9.59 Å². The highest BCUT2D eigenvalue weighted by Crippen LogP contribution is 2.72. The first-order valence-electron chi connectivity index (χ1n) is 9.99. The number of carbonyl (C=O) groups is 2. The topological polar surface area (TPSA) is 54.4 Å². The van der Waals surface area contributed by atoms with Gasteiger partial charge in [0, 0.05) is 10.8 Å². The van der Waals surface area contributed by atoms with Gasteiger partial charge in [-0.05, 0) is 69.1 Å². The van der Waals surface area contributed by atoms with Crippen LogP contribution in [0.3, 0.4) is 0 Å². The molecule has 0 radical (unpaired) electrons. The molecule has 0 bridgehead atoms. The molecule has 154 valence electrons. The molecule has 4 aliphatic carbocycles. The Bertz CT molecular complexity index is 835. The summed E-state index contributed by atoms with van der Waals surface area (Å²) < 4.78 is 0. The molecule has 3 saturated carbocycles. The van der Waals surface area contributed by atoms with E-state index in [4.69, 9.17) is 34.8 Å². The molecular formula is C22H27Cl3O3. The van der Waals surface area contributed by atoms with Gasteiger partial charge in [-0.2, -0.15) is 0 Å². The summed E-state index contributed by atoms with van der Waals surface area (Å²) in [6, 6.07) is 0. The van der Waals surface area contributed by atoms with Crippen molar-refractivity contribution >= 4 is 46.4 Å². The van der Waals surface area contributed by atoms with Gasteiger partial charge in [0.1, 0.15) is 5.60 Å². The molecule has 3 fully saturated rings. The molecule has 1 N–H and O–H groups in total. The quantitative estimate of drug-likeness (QED) is 0.590. The van der Waals surface area contributed by atoms with Gasteiger partial charge in [0.25, 0.3) is 0 Å². The molecule has 0 aliphatic heterocycles. The lowest BCUT2D eigenvalue weighted by Gasteiger charge is -2.65. The Morgan fingerprint density at radius 2 is 1.86 bits per heavy atom. The van der Waals surface area contributed by atoms with Crippen LogP contribution in [0.4, 0.5) is 0 Å².